The van der Waals surface area contributed by atoms with E-state index in [1.807, 2.05) is 6.20 Å². The Balaban J connectivity index is 2.05. The second-order valence-corrected chi connectivity index (χ2v) is 7.47. The van der Waals surface area contributed by atoms with E-state index >= 15 is 0 Å². The lowest BCUT2D eigenvalue weighted by atomic mass is 9.69. The van der Waals surface area contributed by atoms with Crippen molar-refractivity contribution in [1.82, 2.24) is 9.97 Å². The van der Waals surface area contributed by atoms with E-state index in [2.05, 4.69) is 48.6 Å². The first-order chi connectivity index (χ1) is 8.91. The molecule has 0 unspecified atom stereocenters. The fraction of sp³-hybridized carbons (Fsp3) is 0.750. The van der Waals surface area contributed by atoms with Gasteiger partial charge in [0.2, 0.25) is 0 Å². The van der Waals surface area contributed by atoms with E-state index in [0.717, 1.165) is 22.8 Å². The van der Waals surface area contributed by atoms with Crippen LogP contribution in [0.15, 0.2) is 6.20 Å². The molecule has 3 heteroatoms. The Morgan fingerprint density at radius 1 is 1.21 bits per heavy atom. The molecule has 1 fully saturated rings. The molecule has 19 heavy (non-hydrogen) atoms. The highest BCUT2D eigenvalue weighted by Crippen LogP contribution is 2.42. The normalized spacial score (nSPS) is 24.5. The highest BCUT2D eigenvalue weighted by molar-refractivity contribution is 9.08. The maximum absolute atomic E-state index is 4.74. The van der Waals surface area contributed by atoms with Gasteiger partial charge in [0.15, 0.2) is 0 Å². The molecule has 0 radical (unpaired) electrons. The summed E-state index contributed by atoms with van der Waals surface area (Å²) in [5.41, 5.74) is 2.77. The number of hydrogen-bond acceptors (Lipinski definition) is 2. The number of rotatable bonds is 2. The average Bonchev–Trinajstić information content (AvgIpc) is 2.38. The van der Waals surface area contributed by atoms with Crippen LogP contribution < -0.4 is 0 Å². The first kappa shape index (κ1) is 15.0. The summed E-state index contributed by atoms with van der Waals surface area (Å²) in [4.78, 5) is 9.31. The van der Waals surface area contributed by atoms with Gasteiger partial charge < -0.3 is 0 Å². The van der Waals surface area contributed by atoms with E-state index in [4.69, 9.17) is 4.98 Å². The van der Waals surface area contributed by atoms with Gasteiger partial charge in [-0.25, -0.2) is 9.97 Å². The Bertz CT molecular complexity index is 429. The zero-order valence-corrected chi connectivity index (χ0v) is 14.1. The zero-order valence-electron chi connectivity index (χ0n) is 12.5. The van der Waals surface area contributed by atoms with E-state index in [-0.39, 0.29) is 0 Å². The van der Waals surface area contributed by atoms with Crippen LogP contribution in [0.4, 0.5) is 0 Å². The lowest BCUT2D eigenvalue weighted by Gasteiger charge is -2.36. The predicted molar refractivity (Wildman–Crippen MR) is 83.6 cm³/mol. The third kappa shape index (κ3) is 3.56. The molecule has 0 spiro atoms. The first-order valence-electron chi connectivity index (χ1n) is 7.30. The third-order valence-corrected chi connectivity index (χ3v) is 5.07. The fourth-order valence-electron chi connectivity index (χ4n) is 3.04. The number of hydrogen-bond donors (Lipinski definition) is 0. The average molecular weight is 325 g/mol. The maximum Gasteiger partial charge on any atom is 0.131 e. The van der Waals surface area contributed by atoms with Crippen LogP contribution >= 0.6 is 15.9 Å². The largest absolute Gasteiger partial charge is 0.241 e. The molecule has 0 atom stereocenters. The van der Waals surface area contributed by atoms with Gasteiger partial charge in [-0.1, -0.05) is 36.7 Å². The van der Waals surface area contributed by atoms with Gasteiger partial charge in [0.25, 0.3) is 0 Å². The summed E-state index contributed by atoms with van der Waals surface area (Å²) in [5.74, 6) is 2.48. The lowest BCUT2D eigenvalue weighted by Crippen LogP contribution is -2.25. The van der Waals surface area contributed by atoms with Crippen molar-refractivity contribution in [3.8, 4) is 0 Å². The smallest absolute Gasteiger partial charge is 0.131 e. The van der Waals surface area contributed by atoms with E-state index < -0.39 is 0 Å². The monoisotopic (exact) mass is 324 g/mol. The van der Waals surface area contributed by atoms with Crippen molar-refractivity contribution < 1.29 is 0 Å². The number of aryl methyl sites for hydroxylation is 1. The zero-order chi connectivity index (χ0) is 14.0. The number of halogens is 1. The van der Waals surface area contributed by atoms with Gasteiger partial charge >= 0.3 is 0 Å². The summed E-state index contributed by atoms with van der Waals surface area (Å²) in [6.07, 6.45) is 7.10. The second-order valence-electron chi connectivity index (χ2n) is 6.91. The summed E-state index contributed by atoms with van der Waals surface area (Å²) in [5, 5.41) is 0.825. The molecular weight excluding hydrogens is 300 g/mol. The minimum absolute atomic E-state index is 0.445. The Hall–Kier alpha value is -0.440. The van der Waals surface area contributed by atoms with Crippen LogP contribution in [0.2, 0.25) is 0 Å². The molecular formula is C16H25BrN2. The van der Waals surface area contributed by atoms with Crippen LogP contribution in [0.25, 0.3) is 0 Å². The number of aromatic nitrogens is 2. The molecule has 0 aliphatic heterocycles. The lowest BCUT2D eigenvalue weighted by molar-refractivity contribution is 0.167. The summed E-state index contributed by atoms with van der Waals surface area (Å²) in [6, 6.07) is 0. The van der Waals surface area contributed by atoms with Crippen LogP contribution in [-0.2, 0) is 5.33 Å². The van der Waals surface area contributed by atoms with Crippen molar-refractivity contribution in [2.45, 2.75) is 64.6 Å². The standard InChI is InChI=1S/C16H25BrN2/c1-11-10-18-15(19-14(11)9-17)12-5-7-13(8-6-12)16(2,3)4/h10,12-13H,5-9H2,1-4H3. The van der Waals surface area contributed by atoms with Crippen LogP contribution in [-0.4, -0.2) is 9.97 Å². The van der Waals surface area contributed by atoms with E-state index in [1.54, 1.807) is 0 Å². The molecule has 1 heterocycles. The van der Waals surface area contributed by atoms with E-state index in [1.165, 1.54) is 31.2 Å². The minimum Gasteiger partial charge on any atom is -0.241 e. The maximum atomic E-state index is 4.74. The molecule has 1 aliphatic carbocycles. The highest BCUT2D eigenvalue weighted by atomic mass is 79.9. The molecule has 1 saturated carbocycles. The molecule has 0 bridgehead atoms. The van der Waals surface area contributed by atoms with Gasteiger partial charge in [-0.3, -0.25) is 0 Å². The summed E-state index contributed by atoms with van der Waals surface area (Å²) >= 11 is 3.51. The Labute approximate surface area is 125 Å². The molecule has 2 rings (SSSR count). The summed E-state index contributed by atoms with van der Waals surface area (Å²) < 4.78 is 0. The van der Waals surface area contributed by atoms with Crippen molar-refractivity contribution in [1.29, 1.82) is 0 Å². The molecule has 0 saturated heterocycles. The first-order valence-corrected chi connectivity index (χ1v) is 8.42. The quantitative estimate of drug-likeness (QED) is 0.715. The molecule has 0 aromatic carbocycles. The van der Waals surface area contributed by atoms with Crippen molar-refractivity contribution in [3.63, 3.8) is 0 Å². The van der Waals surface area contributed by atoms with E-state index in [9.17, 15) is 0 Å². The minimum atomic E-state index is 0.445. The predicted octanol–water partition coefficient (Wildman–Crippen LogP) is 5.00. The van der Waals surface area contributed by atoms with Crippen LogP contribution in [0.1, 0.15) is 69.5 Å². The van der Waals surface area contributed by atoms with Crippen molar-refractivity contribution in [3.05, 3.63) is 23.3 Å². The third-order valence-electron chi connectivity index (χ3n) is 4.54. The molecule has 0 N–H and O–H groups in total. The molecule has 106 valence electrons. The SMILES string of the molecule is Cc1cnc(C2CCC(C(C)(C)C)CC2)nc1CBr. The van der Waals surface area contributed by atoms with Gasteiger partial charge in [0.05, 0.1) is 5.69 Å². The second kappa shape index (κ2) is 5.90. The van der Waals surface area contributed by atoms with Crippen molar-refractivity contribution in [2.24, 2.45) is 11.3 Å². The van der Waals surface area contributed by atoms with Gasteiger partial charge in [-0.05, 0) is 49.5 Å². The van der Waals surface area contributed by atoms with Gasteiger partial charge in [0.1, 0.15) is 5.82 Å². The topological polar surface area (TPSA) is 25.8 Å². The Morgan fingerprint density at radius 3 is 2.37 bits per heavy atom. The molecule has 1 aromatic heterocycles. The molecule has 2 nitrogen and oxygen atoms in total. The van der Waals surface area contributed by atoms with E-state index in [0.29, 0.717) is 11.3 Å². The van der Waals surface area contributed by atoms with Crippen LogP contribution in [0.5, 0.6) is 0 Å². The molecule has 0 amide bonds. The van der Waals surface area contributed by atoms with Crippen LogP contribution in [0.3, 0.4) is 0 Å². The van der Waals surface area contributed by atoms with Gasteiger partial charge in [-0.15, -0.1) is 0 Å². The van der Waals surface area contributed by atoms with Gasteiger partial charge in [0, 0.05) is 17.4 Å². The van der Waals surface area contributed by atoms with Gasteiger partial charge in [-0.2, -0.15) is 0 Å². The highest BCUT2D eigenvalue weighted by Gasteiger charge is 2.31. The van der Waals surface area contributed by atoms with Crippen LogP contribution in [0, 0.1) is 18.3 Å². The molecule has 1 aliphatic rings. The number of alkyl halides is 1. The van der Waals surface area contributed by atoms with Crippen molar-refractivity contribution in [2.75, 3.05) is 0 Å². The fourth-order valence-corrected chi connectivity index (χ4v) is 3.61. The Kier molecular flexibility index (Phi) is 4.65. The summed E-state index contributed by atoms with van der Waals surface area (Å²) in [6.45, 7) is 9.17. The Morgan fingerprint density at radius 2 is 1.84 bits per heavy atom. The molecule has 1 aromatic rings. The summed E-state index contributed by atoms with van der Waals surface area (Å²) in [7, 11) is 0. The van der Waals surface area contributed by atoms with Crippen molar-refractivity contribution >= 4 is 15.9 Å². The number of nitrogens with zero attached hydrogens (tertiary/aromatic N) is 2.